The van der Waals surface area contributed by atoms with Crippen molar-refractivity contribution >= 4 is 40.8 Å². The van der Waals surface area contributed by atoms with Crippen molar-refractivity contribution in [1.29, 1.82) is 5.26 Å². The number of anilines is 1. The van der Waals surface area contributed by atoms with Gasteiger partial charge in [0.25, 0.3) is 0 Å². The van der Waals surface area contributed by atoms with E-state index < -0.39 is 0 Å². The number of imidazole rings is 1. The van der Waals surface area contributed by atoms with Crippen molar-refractivity contribution in [3.05, 3.63) is 40.5 Å². The molecule has 1 aliphatic carbocycles. The molecule has 0 unspecified atom stereocenters. The number of para-hydroxylation sites is 1. The molecule has 3 aromatic rings. The van der Waals surface area contributed by atoms with Crippen LogP contribution < -0.4 is 10.6 Å². The first kappa shape index (κ1) is 20.5. The van der Waals surface area contributed by atoms with E-state index >= 15 is 0 Å². The average molecular weight is 426 g/mol. The lowest BCUT2D eigenvalue weighted by Crippen LogP contribution is -2.39. The highest BCUT2D eigenvalue weighted by molar-refractivity contribution is 5.89. The van der Waals surface area contributed by atoms with Crippen LogP contribution in [-0.4, -0.2) is 33.5 Å². The number of pyridine rings is 1. The number of rotatable bonds is 3. The molecule has 1 fully saturated rings. The first-order chi connectivity index (χ1) is 14.1. The van der Waals surface area contributed by atoms with E-state index in [9.17, 15) is 15.2 Å². The number of fused-ring (bicyclic) bond motifs is 4. The zero-order chi connectivity index (χ0) is 20.1. The number of aromatic nitrogens is 2. The predicted molar refractivity (Wildman–Crippen MR) is 117 cm³/mol. The molecule has 30 heavy (non-hydrogen) atoms. The molecular formula is C22H24ClN5O2. The van der Waals surface area contributed by atoms with Crippen molar-refractivity contribution in [3.8, 4) is 6.07 Å². The van der Waals surface area contributed by atoms with E-state index in [1.165, 1.54) is 5.56 Å². The van der Waals surface area contributed by atoms with Gasteiger partial charge < -0.3 is 15.7 Å². The summed E-state index contributed by atoms with van der Waals surface area (Å²) in [5.41, 5.74) is 11.6. The number of carbonyl (C=O) groups excluding carboxylic acids is 1. The molecule has 156 valence electrons. The Bertz CT molecular complexity index is 1190. The highest BCUT2D eigenvalue weighted by atomic mass is 35.5. The van der Waals surface area contributed by atoms with E-state index in [0.717, 1.165) is 73.2 Å². The largest absolute Gasteiger partial charge is 0.392 e. The first-order valence-corrected chi connectivity index (χ1v) is 10.2. The summed E-state index contributed by atoms with van der Waals surface area (Å²) in [4.78, 5) is 18.7. The zero-order valence-electron chi connectivity index (χ0n) is 16.6. The molecule has 7 nitrogen and oxygen atoms in total. The molecule has 1 aliphatic heterocycles. The second kappa shape index (κ2) is 7.78. The first-order valence-electron chi connectivity index (χ1n) is 10.2. The van der Waals surface area contributed by atoms with Crippen LogP contribution in [0.3, 0.4) is 0 Å². The van der Waals surface area contributed by atoms with Gasteiger partial charge in [-0.25, -0.2) is 4.98 Å². The number of hydrogen-bond acceptors (Lipinski definition) is 5. The van der Waals surface area contributed by atoms with E-state index in [4.69, 9.17) is 10.7 Å². The number of amides is 1. The minimum Gasteiger partial charge on any atom is -0.392 e. The third-order valence-electron chi connectivity index (χ3n) is 6.47. The van der Waals surface area contributed by atoms with Gasteiger partial charge in [0, 0.05) is 24.6 Å². The molecule has 0 bridgehead atoms. The van der Waals surface area contributed by atoms with Gasteiger partial charge in [0.15, 0.2) is 5.65 Å². The Labute approximate surface area is 180 Å². The van der Waals surface area contributed by atoms with E-state index in [-0.39, 0.29) is 30.8 Å². The van der Waals surface area contributed by atoms with Gasteiger partial charge >= 0.3 is 0 Å². The number of benzene rings is 1. The highest BCUT2D eigenvalue weighted by Gasteiger charge is 2.31. The third kappa shape index (κ3) is 2.91. The Balaban J connectivity index is 0.00000218. The lowest BCUT2D eigenvalue weighted by Gasteiger charge is -2.34. The van der Waals surface area contributed by atoms with Crippen LogP contribution in [0, 0.1) is 17.2 Å². The normalized spacial score (nSPS) is 16.5. The van der Waals surface area contributed by atoms with Gasteiger partial charge in [-0.3, -0.25) is 9.20 Å². The summed E-state index contributed by atoms with van der Waals surface area (Å²) in [6.07, 6.45) is 4.32. The smallest absolute Gasteiger partial charge is 0.220 e. The molecular weight excluding hydrogens is 402 g/mol. The molecule has 2 aliphatic rings. The Morgan fingerprint density at radius 1 is 1.27 bits per heavy atom. The van der Waals surface area contributed by atoms with E-state index in [2.05, 4.69) is 15.4 Å². The molecule has 3 heterocycles. The fourth-order valence-corrected chi connectivity index (χ4v) is 5.03. The van der Waals surface area contributed by atoms with Crippen LogP contribution in [0.1, 0.15) is 41.5 Å². The van der Waals surface area contributed by atoms with Gasteiger partial charge in [0.05, 0.1) is 23.2 Å². The molecule has 8 heteroatoms. The summed E-state index contributed by atoms with van der Waals surface area (Å²) in [5, 5.41) is 19.7. The van der Waals surface area contributed by atoms with Crippen LogP contribution in [0.4, 0.5) is 5.82 Å². The molecule has 2 aromatic heterocycles. The summed E-state index contributed by atoms with van der Waals surface area (Å²) in [7, 11) is 0. The van der Waals surface area contributed by atoms with Crippen LogP contribution in [0.25, 0.3) is 16.7 Å². The van der Waals surface area contributed by atoms with E-state index in [0.29, 0.717) is 11.2 Å². The maximum Gasteiger partial charge on any atom is 0.220 e. The van der Waals surface area contributed by atoms with Gasteiger partial charge in [-0.05, 0) is 49.3 Å². The Kier molecular flexibility index (Phi) is 5.31. The highest BCUT2D eigenvalue weighted by Crippen LogP contribution is 2.39. The van der Waals surface area contributed by atoms with Crippen LogP contribution in [0.2, 0.25) is 0 Å². The molecule has 0 saturated carbocycles. The quantitative estimate of drug-likeness (QED) is 0.670. The third-order valence-corrected chi connectivity index (χ3v) is 6.47. The number of nitriles is 1. The Morgan fingerprint density at radius 2 is 2.00 bits per heavy atom. The number of aliphatic hydroxyl groups excluding tert-OH is 1. The standard InChI is InChI=1S/C22H23N5O2.ClH/c23-11-17-15-4-2-5-16(15)22(26-9-7-13(8-10-26)20(24)29)27-18-6-1-3-14(12-28)19(18)25-21(17)27;/h1,3,6,13,28H,2,4-5,7-10,12H2,(H2,24,29);1H. The SMILES string of the molecule is Cl.N#Cc1c2c(c(N3CCC(C(N)=O)CC3)n3c1nc1c(CO)cccc13)CCC2. The van der Waals surface area contributed by atoms with Gasteiger partial charge in [-0.1, -0.05) is 12.1 Å². The Morgan fingerprint density at radius 3 is 2.67 bits per heavy atom. The topological polar surface area (TPSA) is 108 Å². The lowest BCUT2D eigenvalue weighted by atomic mass is 9.95. The number of hydrogen-bond donors (Lipinski definition) is 2. The van der Waals surface area contributed by atoms with Crippen molar-refractivity contribution in [3.63, 3.8) is 0 Å². The molecule has 3 N–H and O–H groups in total. The average Bonchev–Trinajstić information content (AvgIpc) is 3.37. The molecule has 1 saturated heterocycles. The van der Waals surface area contributed by atoms with Crippen LogP contribution >= 0.6 is 12.4 Å². The maximum atomic E-state index is 11.6. The lowest BCUT2D eigenvalue weighted by molar-refractivity contribution is -0.122. The fraction of sp³-hybridized carbons (Fsp3) is 0.409. The van der Waals surface area contributed by atoms with Gasteiger partial charge in [-0.15, -0.1) is 12.4 Å². The molecule has 0 radical (unpaired) electrons. The number of carbonyl (C=O) groups is 1. The number of nitrogens with two attached hydrogens (primary N) is 1. The Hall–Kier alpha value is -2.82. The van der Waals surface area contributed by atoms with Crippen molar-refractivity contribution < 1.29 is 9.90 Å². The van der Waals surface area contributed by atoms with Gasteiger partial charge in [0.2, 0.25) is 5.91 Å². The zero-order valence-corrected chi connectivity index (χ0v) is 17.4. The number of piperidine rings is 1. The fourth-order valence-electron chi connectivity index (χ4n) is 5.03. The van der Waals surface area contributed by atoms with Crippen LogP contribution in [0.5, 0.6) is 0 Å². The number of halogens is 1. The molecule has 0 atom stereocenters. The van der Waals surface area contributed by atoms with Crippen molar-refractivity contribution in [2.75, 3.05) is 18.0 Å². The van der Waals surface area contributed by atoms with E-state index in [1.54, 1.807) is 0 Å². The summed E-state index contributed by atoms with van der Waals surface area (Å²) >= 11 is 0. The second-order valence-corrected chi connectivity index (χ2v) is 8.00. The second-order valence-electron chi connectivity index (χ2n) is 8.00. The van der Waals surface area contributed by atoms with Crippen LogP contribution in [0.15, 0.2) is 18.2 Å². The minimum atomic E-state index is -0.222. The monoisotopic (exact) mass is 425 g/mol. The van der Waals surface area contributed by atoms with Crippen molar-refractivity contribution in [2.24, 2.45) is 11.7 Å². The number of aliphatic hydroxyl groups is 1. The number of primary amides is 1. The van der Waals surface area contributed by atoms with Crippen LogP contribution in [-0.2, 0) is 24.2 Å². The minimum absolute atomic E-state index is 0. The molecule has 1 aromatic carbocycles. The number of nitrogens with zero attached hydrogens (tertiary/aromatic N) is 4. The summed E-state index contributed by atoms with van der Waals surface area (Å²) in [6.45, 7) is 1.41. The molecule has 1 amide bonds. The van der Waals surface area contributed by atoms with Gasteiger partial charge in [-0.2, -0.15) is 5.26 Å². The van der Waals surface area contributed by atoms with E-state index in [1.807, 2.05) is 18.2 Å². The maximum absolute atomic E-state index is 11.6. The molecule has 5 rings (SSSR count). The summed E-state index contributed by atoms with van der Waals surface area (Å²) < 4.78 is 2.10. The van der Waals surface area contributed by atoms with Crippen molar-refractivity contribution in [1.82, 2.24) is 9.38 Å². The van der Waals surface area contributed by atoms with Crippen molar-refractivity contribution in [2.45, 2.75) is 38.7 Å². The predicted octanol–water partition coefficient (Wildman–Crippen LogP) is 2.46. The van der Waals surface area contributed by atoms with Gasteiger partial charge in [0.1, 0.15) is 11.9 Å². The summed E-state index contributed by atoms with van der Waals surface area (Å²) in [6, 6.07) is 8.18. The summed E-state index contributed by atoms with van der Waals surface area (Å²) in [5.74, 6) is 0.793. The molecule has 0 spiro atoms.